The van der Waals surface area contributed by atoms with E-state index < -0.39 is 11.5 Å². The van der Waals surface area contributed by atoms with Gasteiger partial charge in [0.15, 0.2) is 0 Å². The van der Waals surface area contributed by atoms with Crippen LogP contribution >= 0.6 is 0 Å². The first kappa shape index (κ1) is 12.8. The van der Waals surface area contributed by atoms with Crippen molar-refractivity contribution in [2.45, 2.75) is 44.6 Å². The molecule has 17 heavy (non-hydrogen) atoms. The van der Waals surface area contributed by atoms with Gasteiger partial charge in [-0.3, -0.25) is 4.79 Å². The van der Waals surface area contributed by atoms with E-state index in [1.807, 2.05) is 0 Å². The van der Waals surface area contributed by atoms with E-state index in [1.165, 1.54) is 32.4 Å². The maximum Gasteiger partial charge on any atom is 0.323 e. The van der Waals surface area contributed by atoms with Gasteiger partial charge in [0.05, 0.1) is 0 Å². The Morgan fingerprint density at radius 3 is 2.53 bits per heavy atom. The summed E-state index contributed by atoms with van der Waals surface area (Å²) in [7, 11) is 0. The van der Waals surface area contributed by atoms with Crippen LogP contribution in [0.3, 0.4) is 0 Å². The molecule has 1 saturated carbocycles. The molecule has 0 bridgehead atoms. The third-order valence-corrected chi connectivity index (χ3v) is 4.46. The number of aliphatic carboxylic acids is 1. The van der Waals surface area contributed by atoms with Gasteiger partial charge in [-0.25, -0.2) is 0 Å². The van der Waals surface area contributed by atoms with Crippen LogP contribution in [0.2, 0.25) is 0 Å². The van der Waals surface area contributed by atoms with Crippen molar-refractivity contribution in [1.82, 2.24) is 4.90 Å². The van der Waals surface area contributed by atoms with Crippen molar-refractivity contribution in [1.29, 1.82) is 0 Å². The summed E-state index contributed by atoms with van der Waals surface area (Å²) in [6.07, 6.45) is 5.64. The molecule has 1 aliphatic heterocycles. The second kappa shape index (κ2) is 4.94. The molecular weight excluding hydrogens is 216 g/mol. The van der Waals surface area contributed by atoms with E-state index in [2.05, 4.69) is 4.90 Å². The molecule has 0 aromatic heterocycles. The van der Waals surface area contributed by atoms with Crippen LogP contribution in [0.4, 0.5) is 0 Å². The van der Waals surface area contributed by atoms with Gasteiger partial charge in [-0.1, -0.05) is 6.42 Å². The molecule has 0 aromatic carbocycles. The molecule has 3 atom stereocenters. The van der Waals surface area contributed by atoms with E-state index in [0.29, 0.717) is 6.42 Å². The minimum atomic E-state index is -1.06. The predicted molar refractivity (Wildman–Crippen MR) is 66.7 cm³/mol. The van der Waals surface area contributed by atoms with E-state index in [-0.39, 0.29) is 0 Å². The number of nitrogens with two attached hydrogens (primary N) is 1. The molecule has 3 unspecified atom stereocenters. The molecule has 1 saturated heterocycles. The van der Waals surface area contributed by atoms with Crippen LogP contribution in [-0.4, -0.2) is 41.1 Å². The lowest BCUT2D eigenvalue weighted by Gasteiger charge is -2.22. The molecular formula is C13H24N2O2. The summed E-state index contributed by atoms with van der Waals surface area (Å²) < 4.78 is 0. The number of carboxylic acids is 1. The van der Waals surface area contributed by atoms with Gasteiger partial charge in [-0.2, -0.15) is 0 Å². The molecule has 2 fully saturated rings. The number of carboxylic acid groups (broad SMARTS) is 1. The van der Waals surface area contributed by atoms with Gasteiger partial charge in [0.2, 0.25) is 0 Å². The lowest BCUT2D eigenvalue weighted by Crippen LogP contribution is -2.45. The standard InChI is InChI=1S/C13H24N2O2/c1-13(14,12(16)17)6-3-7-15-8-10-4-2-5-11(10)9-15/h10-11H,2-9,14H2,1H3,(H,16,17). The highest BCUT2D eigenvalue weighted by Gasteiger charge is 2.36. The Balaban J connectivity index is 1.68. The molecule has 0 aromatic rings. The molecule has 2 rings (SSSR count). The Labute approximate surface area is 103 Å². The minimum absolute atomic E-state index is 0.564. The van der Waals surface area contributed by atoms with E-state index >= 15 is 0 Å². The summed E-state index contributed by atoms with van der Waals surface area (Å²) in [4.78, 5) is 13.4. The number of carbonyl (C=O) groups is 1. The predicted octanol–water partition coefficient (Wildman–Crippen LogP) is 1.30. The quantitative estimate of drug-likeness (QED) is 0.760. The van der Waals surface area contributed by atoms with Crippen molar-refractivity contribution in [3.8, 4) is 0 Å². The van der Waals surface area contributed by atoms with Crippen molar-refractivity contribution in [2.24, 2.45) is 17.6 Å². The topological polar surface area (TPSA) is 66.6 Å². The Morgan fingerprint density at radius 2 is 2.00 bits per heavy atom. The smallest absolute Gasteiger partial charge is 0.323 e. The lowest BCUT2D eigenvalue weighted by molar-refractivity contribution is -0.142. The van der Waals surface area contributed by atoms with Crippen LogP contribution < -0.4 is 5.73 Å². The van der Waals surface area contributed by atoms with Gasteiger partial charge in [0, 0.05) is 13.1 Å². The third-order valence-electron chi connectivity index (χ3n) is 4.46. The normalized spacial score (nSPS) is 32.4. The maximum atomic E-state index is 10.9. The lowest BCUT2D eigenvalue weighted by atomic mass is 9.97. The van der Waals surface area contributed by atoms with Gasteiger partial charge in [0.1, 0.15) is 5.54 Å². The van der Waals surface area contributed by atoms with Gasteiger partial charge >= 0.3 is 5.97 Å². The number of hydrogen-bond donors (Lipinski definition) is 2. The van der Waals surface area contributed by atoms with E-state index in [0.717, 1.165) is 24.8 Å². The summed E-state index contributed by atoms with van der Waals surface area (Å²) in [5.41, 5.74) is 4.66. The number of nitrogens with zero attached hydrogens (tertiary/aromatic N) is 1. The van der Waals surface area contributed by atoms with Gasteiger partial charge in [0.25, 0.3) is 0 Å². The van der Waals surface area contributed by atoms with Gasteiger partial charge < -0.3 is 15.7 Å². The maximum absolute atomic E-state index is 10.9. The Kier molecular flexibility index (Phi) is 3.73. The minimum Gasteiger partial charge on any atom is -0.480 e. The highest BCUT2D eigenvalue weighted by atomic mass is 16.4. The highest BCUT2D eigenvalue weighted by molar-refractivity contribution is 5.77. The Hall–Kier alpha value is -0.610. The van der Waals surface area contributed by atoms with Crippen molar-refractivity contribution in [2.75, 3.05) is 19.6 Å². The van der Waals surface area contributed by atoms with Gasteiger partial charge in [-0.05, 0) is 51.0 Å². The fourth-order valence-electron chi connectivity index (χ4n) is 3.29. The molecule has 1 heterocycles. The summed E-state index contributed by atoms with van der Waals surface area (Å²) in [6, 6.07) is 0. The zero-order valence-corrected chi connectivity index (χ0v) is 10.7. The monoisotopic (exact) mass is 240 g/mol. The zero-order valence-electron chi connectivity index (χ0n) is 10.7. The summed E-state index contributed by atoms with van der Waals surface area (Å²) in [5.74, 6) is 0.938. The van der Waals surface area contributed by atoms with Crippen LogP contribution in [0.15, 0.2) is 0 Å². The van der Waals surface area contributed by atoms with E-state index in [9.17, 15) is 4.79 Å². The number of rotatable bonds is 5. The highest BCUT2D eigenvalue weighted by Crippen LogP contribution is 2.37. The van der Waals surface area contributed by atoms with Crippen LogP contribution in [0.1, 0.15) is 39.0 Å². The summed E-state index contributed by atoms with van der Waals surface area (Å²) in [6.45, 7) is 5.05. The van der Waals surface area contributed by atoms with E-state index in [4.69, 9.17) is 10.8 Å². The summed E-state index contributed by atoms with van der Waals surface area (Å²) >= 11 is 0. The van der Waals surface area contributed by atoms with Crippen molar-refractivity contribution in [3.05, 3.63) is 0 Å². The third kappa shape index (κ3) is 2.99. The molecule has 0 radical (unpaired) electrons. The first-order chi connectivity index (χ1) is 7.99. The molecule has 4 heteroatoms. The van der Waals surface area contributed by atoms with Gasteiger partial charge in [-0.15, -0.1) is 0 Å². The second-order valence-electron chi connectivity index (χ2n) is 6.04. The van der Waals surface area contributed by atoms with Crippen molar-refractivity contribution >= 4 is 5.97 Å². The van der Waals surface area contributed by atoms with Crippen LogP contribution in [0, 0.1) is 11.8 Å². The van der Waals surface area contributed by atoms with Crippen LogP contribution in [0.25, 0.3) is 0 Å². The SMILES string of the molecule is CC(N)(CCCN1CC2CCCC2C1)C(=O)O. The van der Waals surface area contributed by atoms with Crippen LogP contribution in [0.5, 0.6) is 0 Å². The molecule has 0 amide bonds. The molecule has 98 valence electrons. The first-order valence-corrected chi connectivity index (χ1v) is 6.73. The van der Waals surface area contributed by atoms with E-state index in [1.54, 1.807) is 6.92 Å². The average molecular weight is 240 g/mol. The molecule has 0 spiro atoms. The zero-order chi connectivity index (χ0) is 12.5. The molecule has 4 nitrogen and oxygen atoms in total. The van der Waals surface area contributed by atoms with Crippen molar-refractivity contribution < 1.29 is 9.90 Å². The molecule has 3 N–H and O–H groups in total. The number of hydrogen-bond acceptors (Lipinski definition) is 3. The second-order valence-corrected chi connectivity index (χ2v) is 6.04. The molecule has 1 aliphatic carbocycles. The fraction of sp³-hybridized carbons (Fsp3) is 0.923. The van der Waals surface area contributed by atoms with Crippen molar-refractivity contribution in [3.63, 3.8) is 0 Å². The number of fused-ring (bicyclic) bond motifs is 1. The first-order valence-electron chi connectivity index (χ1n) is 6.73. The average Bonchev–Trinajstić information content (AvgIpc) is 2.76. The largest absolute Gasteiger partial charge is 0.480 e. The Morgan fingerprint density at radius 1 is 1.41 bits per heavy atom. The molecule has 2 aliphatic rings. The van der Waals surface area contributed by atoms with Crippen LogP contribution in [-0.2, 0) is 4.79 Å². The summed E-state index contributed by atoms with van der Waals surface area (Å²) in [5, 5.41) is 8.93. The fourth-order valence-corrected chi connectivity index (χ4v) is 3.29. The number of likely N-dealkylation sites (tertiary alicyclic amines) is 1. The Bertz CT molecular complexity index is 279.